The van der Waals surface area contributed by atoms with E-state index in [1.807, 2.05) is 0 Å². The zero-order valence-electron chi connectivity index (χ0n) is 15.2. The predicted octanol–water partition coefficient (Wildman–Crippen LogP) is 2.34. The van der Waals surface area contributed by atoms with E-state index in [0.717, 1.165) is 24.8 Å². The molecule has 0 spiro atoms. The highest BCUT2D eigenvalue weighted by Gasteiger charge is 2.29. The van der Waals surface area contributed by atoms with E-state index < -0.39 is 9.84 Å². The molecular weight excluding hydrogens is 322 g/mol. The highest BCUT2D eigenvalue weighted by molar-refractivity contribution is 7.91. The Morgan fingerprint density at radius 2 is 1.79 bits per heavy atom. The molecule has 0 aromatic carbocycles. The molecule has 0 amide bonds. The minimum Gasteiger partial charge on any atom is -0.356 e. The maximum atomic E-state index is 11.6. The van der Waals surface area contributed by atoms with E-state index in [1.165, 1.54) is 38.5 Å². The summed E-state index contributed by atoms with van der Waals surface area (Å²) in [6, 6.07) is 0.564. The van der Waals surface area contributed by atoms with Crippen molar-refractivity contribution >= 4 is 15.8 Å². The second kappa shape index (κ2) is 7.22. The monoisotopic (exact) mass is 355 g/mol. The third-order valence-electron chi connectivity index (χ3n) is 5.77. The molecule has 2 N–H and O–H groups in total. The third-order valence-corrected chi connectivity index (χ3v) is 7.61. The molecule has 0 bridgehead atoms. The summed E-state index contributed by atoms with van der Waals surface area (Å²) in [5.41, 5.74) is 0.508. The van der Waals surface area contributed by atoms with Crippen LogP contribution >= 0.6 is 0 Å². The molecule has 1 saturated heterocycles. The van der Waals surface area contributed by atoms with Gasteiger partial charge in [-0.15, -0.1) is 0 Å². The van der Waals surface area contributed by atoms with E-state index in [0.29, 0.717) is 29.5 Å². The summed E-state index contributed by atoms with van der Waals surface area (Å²) in [6.45, 7) is 6.35. The van der Waals surface area contributed by atoms with E-state index in [2.05, 4.69) is 24.5 Å². The molecule has 0 aromatic rings. The molecule has 0 radical (unpaired) electrons. The van der Waals surface area contributed by atoms with Crippen molar-refractivity contribution in [3.63, 3.8) is 0 Å². The van der Waals surface area contributed by atoms with Gasteiger partial charge in [-0.25, -0.2) is 8.42 Å². The first-order valence-electron chi connectivity index (χ1n) is 9.57. The lowest BCUT2D eigenvalue weighted by Gasteiger charge is -2.34. The second-order valence-corrected chi connectivity index (χ2v) is 11.1. The van der Waals surface area contributed by atoms with Crippen LogP contribution in [0.4, 0.5) is 0 Å². The quantitative estimate of drug-likeness (QED) is 0.586. The van der Waals surface area contributed by atoms with Crippen LogP contribution in [-0.4, -0.2) is 45.0 Å². The third kappa shape index (κ3) is 5.64. The highest BCUT2D eigenvalue weighted by atomic mass is 32.2. The summed E-state index contributed by atoms with van der Waals surface area (Å²) >= 11 is 0. The van der Waals surface area contributed by atoms with Gasteiger partial charge in [0.2, 0.25) is 0 Å². The number of guanidine groups is 1. The van der Waals surface area contributed by atoms with Crippen LogP contribution in [0.25, 0.3) is 0 Å². The lowest BCUT2D eigenvalue weighted by atomic mass is 9.73. The molecule has 1 atom stereocenters. The summed E-state index contributed by atoms with van der Waals surface area (Å²) < 4.78 is 23.2. The molecule has 3 aliphatic rings. The van der Waals surface area contributed by atoms with Gasteiger partial charge in [0.1, 0.15) is 0 Å². The van der Waals surface area contributed by atoms with Gasteiger partial charge in [0, 0.05) is 19.1 Å². The molecule has 0 aromatic heterocycles. The van der Waals surface area contributed by atoms with Gasteiger partial charge < -0.3 is 10.6 Å². The predicted molar refractivity (Wildman–Crippen MR) is 99.0 cm³/mol. The average Bonchev–Trinajstić information content (AvgIpc) is 3.25. The first kappa shape index (κ1) is 18.0. The van der Waals surface area contributed by atoms with Gasteiger partial charge in [-0.1, -0.05) is 13.8 Å². The Hall–Kier alpha value is -0.780. The van der Waals surface area contributed by atoms with Gasteiger partial charge in [-0.3, -0.25) is 4.99 Å². The number of nitrogens with one attached hydrogen (secondary N) is 2. The van der Waals surface area contributed by atoms with E-state index in [1.54, 1.807) is 0 Å². The first-order valence-corrected chi connectivity index (χ1v) is 11.4. The Morgan fingerprint density at radius 3 is 2.38 bits per heavy atom. The van der Waals surface area contributed by atoms with Crippen LogP contribution in [0, 0.1) is 17.3 Å². The summed E-state index contributed by atoms with van der Waals surface area (Å²) in [4.78, 5) is 4.69. The second-order valence-electron chi connectivity index (χ2n) is 8.87. The molecule has 1 unspecified atom stereocenters. The normalized spacial score (nSPS) is 30.2. The van der Waals surface area contributed by atoms with Crippen molar-refractivity contribution in [2.24, 2.45) is 22.2 Å². The SMILES string of the molecule is CC1(C)CCC(CNC(=NCC2CCS(=O)(=O)C2)NC2CC2)CC1. The van der Waals surface area contributed by atoms with Crippen LogP contribution in [0.1, 0.15) is 58.8 Å². The lowest BCUT2D eigenvalue weighted by Crippen LogP contribution is -2.42. The minimum absolute atomic E-state index is 0.197. The minimum atomic E-state index is -2.80. The number of hydrogen-bond donors (Lipinski definition) is 2. The van der Waals surface area contributed by atoms with Crippen molar-refractivity contribution in [2.75, 3.05) is 24.6 Å². The maximum absolute atomic E-state index is 11.6. The van der Waals surface area contributed by atoms with Gasteiger partial charge >= 0.3 is 0 Å². The molecule has 2 saturated carbocycles. The Morgan fingerprint density at radius 1 is 1.08 bits per heavy atom. The fraction of sp³-hybridized carbons (Fsp3) is 0.944. The summed E-state index contributed by atoms with van der Waals surface area (Å²) in [5.74, 6) is 2.47. The Balaban J connectivity index is 1.47. The zero-order valence-corrected chi connectivity index (χ0v) is 16.0. The molecule has 6 heteroatoms. The Labute approximate surface area is 147 Å². The van der Waals surface area contributed by atoms with E-state index in [9.17, 15) is 8.42 Å². The van der Waals surface area contributed by atoms with Crippen molar-refractivity contribution in [1.82, 2.24) is 10.6 Å². The van der Waals surface area contributed by atoms with Crippen molar-refractivity contribution < 1.29 is 8.42 Å². The summed E-state index contributed by atoms with van der Waals surface area (Å²) in [5, 5.41) is 7.00. The topological polar surface area (TPSA) is 70.6 Å². The fourth-order valence-corrected chi connectivity index (χ4v) is 5.56. The van der Waals surface area contributed by atoms with Gasteiger partial charge in [0.15, 0.2) is 15.8 Å². The van der Waals surface area contributed by atoms with Crippen molar-refractivity contribution in [3.8, 4) is 0 Å². The number of aliphatic imine (C=N–C) groups is 1. The molecule has 3 rings (SSSR count). The Bertz CT molecular complexity index is 557. The molecule has 5 nitrogen and oxygen atoms in total. The molecular formula is C18H33N3O2S. The number of nitrogens with zero attached hydrogens (tertiary/aromatic N) is 1. The van der Waals surface area contributed by atoms with Gasteiger partial charge in [0.25, 0.3) is 0 Å². The molecule has 1 heterocycles. The van der Waals surface area contributed by atoms with E-state index in [-0.39, 0.29) is 5.92 Å². The first-order chi connectivity index (χ1) is 11.3. The summed E-state index contributed by atoms with van der Waals surface area (Å²) in [7, 11) is -2.80. The van der Waals surface area contributed by atoms with E-state index in [4.69, 9.17) is 4.99 Å². The van der Waals surface area contributed by atoms with Gasteiger partial charge in [-0.05, 0) is 62.2 Å². The maximum Gasteiger partial charge on any atom is 0.191 e. The largest absolute Gasteiger partial charge is 0.356 e. The van der Waals surface area contributed by atoms with Gasteiger partial charge in [0.05, 0.1) is 11.5 Å². The number of hydrogen-bond acceptors (Lipinski definition) is 3. The van der Waals surface area contributed by atoms with Crippen molar-refractivity contribution in [2.45, 2.75) is 64.8 Å². The molecule has 24 heavy (non-hydrogen) atoms. The molecule has 2 aliphatic carbocycles. The number of sulfone groups is 1. The molecule has 3 fully saturated rings. The van der Waals surface area contributed by atoms with Gasteiger partial charge in [-0.2, -0.15) is 0 Å². The molecule has 138 valence electrons. The Kier molecular flexibility index (Phi) is 5.42. The van der Waals surface area contributed by atoms with Crippen molar-refractivity contribution in [1.29, 1.82) is 0 Å². The highest BCUT2D eigenvalue weighted by Crippen LogP contribution is 2.37. The van der Waals surface area contributed by atoms with Crippen molar-refractivity contribution in [3.05, 3.63) is 0 Å². The van der Waals surface area contributed by atoms with E-state index >= 15 is 0 Å². The molecule has 1 aliphatic heterocycles. The summed E-state index contributed by atoms with van der Waals surface area (Å²) in [6.07, 6.45) is 8.39. The standard InChI is InChI=1S/C18H33N3O2S/c1-18(2)8-5-14(6-9-18)11-19-17(21-16-3-4-16)20-12-15-7-10-24(22,23)13-15/h14-16H,3-13H2,1-2H3,(H2,19,20,21). The average molecular weight is 356 g/mol. The smallest absolute Gasteiger partial charge is 0.191 e. The van der Waals surface area contributed by atoms with Crippen LogP contribution in [0.5, 0.6) is 0 Å². The van der Waals surface area contributed by atoms with Crippen LogP contribution in [-0.2, 0) is 9.84 Å². The van der Waals surface area contributed by atoms with Crippen LogP contribution in [0.15, 0.2) is 4.99 Å². The van der Waals surface area contributed by atoms with Crippen LogP contribution in [0.3, 0.4) is 0 Å². The lowest BCUT2D eigenvalue weighted by molar-refractivity contribution is 0.192. The van der Waals surface area contributed by atoms with Crippen LogP contribution < -0.4 is 10.6 Å². The fourth-order valence-electron chi connectivity index (χ4n) is 3.71. The number of rotatable bonds is 5. The van der Waals surface area contributed by atoms with Crippen LogP contribution in [0.2, 0.25) is 0 Å². The zero-order chi connectivity index (χ0) is 17.2.